The highest BCUT2D eigenvalue weighted by Crippen LogP contribution is 2.33. The molecular formula is C6H8NO6P. The SMILES string of the molecule is O=[C]C[C@@H]([C]=O)NC(=O)CP(=O)(O)O. The van der Waals surface area contributed by atoms with Crippen LogP contribution in [-0.2, 0) is 18.9 Å². The van der Waals surface area contributed by atoms with Crippen molar-refractivity contribution in [3.8, 4) is 0 Å². The molecule has 0 bridgehead atoms. The van der Waals surface area contributed by atoms with Crippen LogP contribution >= 0.6 is 7.60 Å². The summed E-state index contributed by atoms with van der Waals surface area (Å²) in [5.74, 6) is -1.01. The lowest BCUT2D eigenvalue weighted by Crippen LogP contribution is -2.37. The number of hydrogen-bond acceptors (Lipinski definition) is 4. The van der Waals surface area contributed by atoms with E-state index in [4.69, 9.17) is 9.79 Å². The molecule has 0 aliphatic rings. The first-order chi connectivity index (χ1) is 6.39. The molecule has 0 spiro atoms. The molecule has 78 valence electrons. The topological polar surface area (TPSA) is 121 Å². The van der Waals surface area contributed by atoms with Gasteiger partial charge in [0.25, 0.3) is 0 Å². The summed E-state index contributed by atoms with van der Waals surface area (Å²) >= 11 is 0. The van der Waals surface area contributed by atoms with Gasteiger partial charge in [-0.3, -0.25) is 18.9 Å². The molecule has 0 aliphatic heterocycles. The summed E-state index contributed by atoms with van der Waals surface area (Å²) in [4.78, 5) is 47.5. The zero-order valence-corrected chi connectivity index (χ0v) is 7.86. The minimum Gasteiger partial charge on any atom is -0.345 e. The van der Waals surface area contributed by atoms with Crippen LogP contribution in [0.25, 0.3) is 0 Å². The van der Waals surface area contributed by atoms with Crippen molar-refractivity contribution in [3.63, 3.8) is 0 Å². The summed E-state index contributed by atoms with van der Waals surface area (Å²) in [6.07, 6.45) is 1.27. The normalized spacial score (nSPS) is 13.0. The second-order valence-corrected chi connectivity index (χ2v) is 4.05. The molecule has 0 fully saturated rings. The molecule has 0 saturated heterocycles. The van der Waals surface area contributed by atoms with Crippen LogP contribution < -0.4 is 5.32 Å². The van der Waals surface area contributed by atoms with Gasteiger partial charge in [-0.1, -0.05) is 0 Å². The van der Waals surface area contributed by atoms with Crippen LogP contribution in [0.15, 0.2) is 0 Å². The molecule has 0 aliphatic carbocycles. The molecule has 8 heteroatoms. The van der Waals surface area contributed by atoms with E-state index in [9.17, 15) is 18.9 Å². The first-order valence-electron chi connectivity index (χ1n) is 3.45. The molecule has 7 nitrogen and oxygen atoms in total. The minimum atomic E-state index is -4.45. The Hall–Kier alpha value is -1.04. The quantitative estimate of drug-likeness (QED) is 0.458. The summed E-state index contributed by atoms with van der Waals surface area (Å²) in [5, 5.41) is 1.91. The first-order valence-corrected chi connectivity index (χ1v) is 5.25. The number of hydrogen-bond donors (Lipinski definition) is 3. The lowest BCUT2D eigenvalue weighted by molar-refractivity contribution is -0.119. The molecule has 14 heavy (non-hydrogen) atoms. The number of nitrogens with one attached hydrogen (secondary N) is 1. The third-order valence-corrected chi connectivity index (χ3v) is 1.81. The van der Waals surface area contributed by atoms with Crippen LogP contribution in [0.2, 0.25) is 0 Å². The molecule has 0 heterocycles. The fourth-order valence-corrected chi connectivity index (χ4v) is 1.10. The van der Waals surface area contributed by atoms with Crippen LogP contribution in [0.3, 0.4) is 0 Å². The molecule has 3 N–H and O–H groups in total. The van der Waals surface area contributed by atoms with Crippen molar-refractivity contribution in [2.45, 2.75) is 12.5 Å². The zero-order valence-electron chi connectivity index (χ0n) is 6.97. The van der Waals surface area contributed by atoms with Crippen molar-refractivity contribution in [2.24, 2.45) is 0 Å². The lowest BCUT2D eigenvalue weighted by atomic mass is 10.2. The third-order valence-electron chi connectivity index (χ3n) is 1.11. The van der Waals surface area contributed by atoms with E-state index in [0.717, 1.165) is 0 Å². The summed E-state index contributed by atoms with van der Waals surface area (Å²) in [5.41, 5.74) is 0. The van der Waals surface area contributed by atoms with Crippen LogP contribution in [0.4, 0.5) is 0 Å². The van der Waals surface area contributed by atoms with E-state index in [0.29, 0.717) is 0 Å². The second-order valence-electron chi connectivity index (χ2n) is 2.41. The van der Waals surface area contributed by atoms with Gasteiger partial charge in [0, 0.05) is 6.42 Å². The monoisotopic (exact) mass is 221 g/mol. The highest BCUT2D eigenvalue weighted by molar-refractivity contribution is 7.52. The molecule has 0 aromatic carbocycles. The van der Waals surface area contributed by atoms with Gasteiger partial charge >= 0.3 is 7.60 Å². The van der Waals surface area contributed by atoms with Crippen molar-refractivity contribution < 1.29 is 28.7 Å². The maximum absolute atomic E-state index is 10.8. The van der Waals surface area contributed by atoms with E-state index in [1.807, 2.05) is 5.32 Å². The van der Waals surface area contributed by atoms with Gasteiger partial charge in [0.1, 0.15) is 12.2 Å². The van der Waals surface area contributed by atoms with Gasteiger partial charge in [0.2, 0.25) is 18.5 Å². The average molecular weight is 221 g/mol. The van der Waals surface area contributed by atoms with Crippen molar-refractivity contribution in [2.75, 3.05) is 6.16 Å². The molecule has 0 saturated carbocycles. The van der Waals surface area contributed by atoms with Gasteiger partial charge in [-0.2, -0.15) is 0 Å². The Morgan fingerprint density at radius 2 is 2.00 bits per heavy atom. The van der Waals surface area contributed by atoms with E-state index in [1.54, 1.807) is 0 Å². The zero-order chi connectivity index (χ0) is 11.2. The molecule has 0 aromatic heterocycles. The standard InChI is InChI=1S/C6H8NO6P/c8-2-1-5(3-9)7-6(10)4-14(11,12)13/h5H,1,4H2,(H,7,10)(H2,11,12,13)/t5-/m0/s1. The van der Waals surface area contributed by atoms with Crippen LogP contribution in [0, 0.1) is 0 Å². The Bertz CT molecular complexity index is 271. The van der Waals surface area contributed by atoms with Crippen LogP contribution in [0.1, 0.15) is 6.42 Å². The molecular weight excluding hydrogens is 213 g/mol. The van der Waals surface area contributed by atoms with Crippen molar-refractivity contribution in [1.29, 1.82) is 0 Å². The molecule has 2 radical (unpaired) electrons. The largest absolute Gasteiger partial charge is 0.345 e. The van der Waals surface area contributed by atoms with Gasteiger partial charge in [-0.15, -0.1) is 0 Å². The van der Waals surface area contributed by atoms with Crippen molar-refractivity contribution >= 4 is 26.1 Å². The summed E-state index contributed by atoms with van der Waals surface area (Å²) in [6.45, 7) is 0. The maximum atomic E-state index is 10.8. The molecule has 1 atom stereocenters. The van der Waals surface area contributed by atoms with Crippen molar-refractivity contribution in [3.05, 3.63) is 0 Å². The van der Waals surface area contributed by atoms with Crippen LogP contribution in [-0.4, -0.2) is 40.5 Å². The maximum Gasteiger partial charge on any atom is 0.334 e. The number of carbonyl (C=O) groups is 1. The van der Waals surface area contributed by atoms with E-state index in [-0.39, 0.29) is 0 Å². The highest BCUT2D eigenvalue weighted by atomic mass is 31.2. The summed E-state index contributed by atoms with van der Waals surface area (Å²) in [7, 11) is -4.45. The number of carbonyl (C=O) groups excluding carboxylic acids is 3. The Morgan fingerprint density at radius 1 is 1.43 bits per heavy atom. The third kappa shape index (κ3) is 6.47. The first kappa shape index (κ1) is 13.0. The fourth-order valence-electron chi connectivity index (χ4n) is 0.633. The Balaban J connectivity index is 4.09. The van der Waals surface area contributed by atoms with Crippen molar-refractivity contribution in [1.82, 2.24) is 5.32 Å². The van der Waals surface area contributed by atoms with Gasteiger partial charge in [-0.05, 0) is 0 Å². The predicted molar refractivity (Wildman–Crippen MR) is 44.8 cm³/mol. The Morgan fingerprint density at radius 3 is 2.36 bits per heavy atom. The average Bonchev–Trinajstić information content (AvgIpc) is 2.00. The van der Waals surface area contributed by atoms with E-state index in [2.05, 4.69) is 0 Å². The summed E-state index contributed by atoms with van der Waals surface area (Å²) in [6, 6.07) is -1.20. The summed E-state index contributed by atoms with van der Waals surface area (Å²) < 4.78 is 10.3. The molecule has 0 rings (SSSR count). The predicted octanol–water partition coefficient (Wildman–Crippen LogP) is -1.74. The van der Waals surface area contributed by atoms with E-state index >= 15 is 0 Å². The Kier molecular flexibility index (Phi) is 5.22. The molecule has 0 aromatic rings. The Labute approximate surface area is 79.6 Å². The fraction of sp³-hybridized carbons (Fsp3) is 0.500. The van der Waals surface area contributed by atoms with E-state index < -0.39 is 32.1 Å². The number of amides is 1. The lowest BCUT2D eigenvalue weighted by Gasteiger charge is -2.08. The molecule has 0 unspecified atom stereocenters. The van der Waals surface area contributed by atoms with Gasteiger partial charge in [-0.25, -0.2) is 0 Å². The van der Waals surface area contributed by atoms with Gasteiger partial charge < -0.3 is 15.1 Å². The van der Waals surface area contributed by atoms with Gasteiger partial charge in [0.05, 0.1) is 0 Å². The highest BCUT2D eigenvalue weighted by Gasteiger charge is 2.21. The smallest absolute Gasteiger partial charge is 0.334 e. The minimum absolute atomic E-state index is 0.392. The number of rotatable bonds is 6. The second kappa shape index (κ2) is 5.64. The molecule has 1 amide bonds. The van der Waals surface area contributed by atoms with Crippen LogP contribution in [0.5, 0.6) is 0 Å². The van der Waals surface area contributed by atoms with E-state index in [1.165, 1.54) is 12.6 Å². The van der Waals surface area contributed by atoms with Gasteiger partial charge in [0.15, 0.2) is 0 Å².